The van der Waals surface area contributed by atoms with Crippen LogP contribution in [0.3, 0.4) is 0 Å². The Balaban J connectivity index is 2.01. The van der Waals surface area contributed by atoms with Gasteiger partial charge in [-0.25, -0.2) is 4.79 Å². The lowest BCUT2D eigenvalue weighted by atomic mass is 10.0. The Hall–Kier alpha value is -2.62. The SMILES string of the molecule is CCc1cccc(CC)c1NC(=O)COC(=O)c1ccc(C)c(C)c1. The molecule has 2 aromatic rings. The number of ether oxygens (including phenoxy) is 1. The van der Waals surface area contributed by atoms with Gasteiger partial charge in [-0.05, 0) is 61.1 Å². The predicted octanol–water partition coefficient (Wildman–Crippen LogP) is 4.22. The first-order valence-corrected chi connectivity index (χ1v) is 8.61. The van der Waals surface area contributed by atoms with Crippen LogP contribution < -0.4 is 5.32 Å². The second-order valence-electron chi connectivity index (χ2n) is 6.08. The van der Waals surface area contributed by atoms with Crippen LogP contribution in [0.15, 0.2) is 36.4 Å². The van der Waals surface area contributed by atoms with Gasteiger partial charge in [0.15, 0.2) is 6.61 Å². The molecule has 0 atom stereocenters. The number of rotatable bonds is 6. The van der Waals surface area contributed by atoms with Crippen molar-refractivity contribution in [2.24, 2.45) is 0 Å². The Kier molecular flexibility index (Phi) is 6.34. The zero-order valence-electron chi connectivity index (χ0n) is 15.3. The topological polar surface area (TPSA) is 55.4 Å². The summed E-state index contributed by atoms with van der Waals surface area (Å²) in [6.45, 7) is 7.71. The van der Waals surface area contributed by atoms with Crippen LogP contribution in [-0.2, 0) is 22.4 Å². The van der Waals surface area contributed by atoms with E-state index in [1.165, 1.54) is 0 Å². The number of aryl methyl sites for hydroxylation is 4. The van der Waals surface area contributed by atoms with Crippen molar-refractivity contribution < 1.29 is 14.3 Å². The lowest BCUT2D eigenvalue weighted by Crippen LogP contribution is -2.22. The number of carbonyl (C=O) groups excluding carboxylic acids is 2. The van der Waals surface area contributed by atoms with E-state index in [2.05, 4.69) is 5.32 Å². The number of esters is 1. The summed E-state index contributed by atoms with van der Waals surface area (Å²) >= 11 is 0. The van der Waals surface area contributed by atoms with Crippen molar-refractivity contribution in [1.82, 2.24) is 0 Å². The molecule has 4 heteroatoms. The highest BCUT2D eigenvalue weighted by Crippen LogP contribution is 2.22. The normalized spacial score (nSPS) is 10.4. The third kappa shape index (κ3) is 4.69. The quantitative estimate of drug-likeness (QED) is 0.802. The average molecular weight is 339 g/mol. The van der Waals surface area contributed by atoms with E-state index in [-0.39, 0.29) is 12.5 Å². The maximum absolute atomic E-state index is 12.2. The summed E-state index contributed by atoms with van der Waals surface area (Å²) < 4.78 is 5.15. The Bertz CT molecular complexity index is 758. The number of benzene rings is 2. The van der Waals surface area contributed by atoms with Crippen LogP contribution in [0.4, 0.5) is 5.69 Å². The lowest BCUT2D eigenvalue weighted by molar-refractivity contribution is -0.119. The van der Waals surface area contributed by atoms with Gasteiger partial charge in [-0.3, -0.25) is 4.79 Å². The van der Waals surface area contributed by atoms with Crippen LogP contribution >= 0.6 is 0 Å². The van der Waals surface area contributed by atoms with E-state index in [0.29, 0.717) is 5.56 Å². The molecule has 0 aliphatic heterocycles. The first-order valence-electron chi connectivity index (χ1n) is 8.61. The molecule has 0 aromatic heterocycles. The minimum Gasteiger partial charge on any atom is -0.452 e. The van der Waals surface area contributed by atoms with Gasteiger partial charge in [0.1, 0.15) is 0 Å². The number of hydrogen-bond acceptors (Lipinski definition) is 3. The van der Waals surface area contributed by atoms with Crippen molar-refractivity contribution in [2.45, 2.75) is 40.5 Å². The Morgan fingerprint density at radius 3 is 2.16 bits per heavy atom. The molecule has 1 amide bonds. The largest absolute Gasteiger partial charge is 0.452 e. The van der Waals surface area contributed by atoms with Crippen LogP contribution in [0.1, 0.15) is 46.5 Å². The summed E-state index contributed by atoms with van der Waals surface area (Å²) in [4.78, 5) is 24.3. The first kappa shape index (κ1) is 18.7. The molecular weight excluding hydrogens is 314 g/mol. The highest BCUT2D eigenvalue weighted by Gasteiger charge is 2.13. The van der Waals surface area contributed by atoms with E-state index < -0.39 is 5.97 Å². The second-order valence-corrected chi connectivity index (χ2v) is 6.08. The van der Waals surface area contributed by atoms with E-state index in [4.69, 9.17) is 4.74 Å². The average Bonchev–Trinajstić information content (AvgIpc) is 2.62. The molecule has 2 rings (SSSR count). The molecule has 25 heavy (non-hydrogen) atoms. The van der Waals surface area contributed by atoms with Crippen LogP contribution in [0.2, 0.25) is 0 Å². The molecule has 2 aromatic carbocycles. The van der Waals surface area contributed by atoms with E-state index in [1.54, 1.807) is 12.1 Å². The van der Waals surface area contributed by atoms with Crippen molar-refractivity contribution >= 4 is 17.6 Å². The lowest BCUT2D eigenvalue weighted by Gasteiger charge is -2.14. The fourth-order valence-electron chi connectivity index (χ4n) is 2.66. The standard InChI is InChI=1S/C21H25NO3/c1-5-16-8-7-9-17(6-2)20(16)22-19(23)13-25-21(24)18-11-10-14(3)15(4)12-18/h7-12H,5-6,13H2,1-4H3,(H,22,23). The van der Waals surface area contributed by atoms with E-state index >= 15 is 0 Å². The maximum atomic E-state index is 12.2. The minimum absolute atomic E-state index is 0.299. The molecule has 0 saturated carbocycles. The van der Waals surface area contributed by atoms with Gasteiger partial charge in [0.05, 0.1) is 5.56 Å². The van der Waals surface area contributed by atoms with Crippen molar-refractivity contribution in [3.8, 4) is 0 Å². The molecule has 1 N–H and O–H groups in total. The third-order valence-electron chi connectivity index (χ3n) is 4.34. The molecule has 132 valence electrons. The Labute approximate surface area is 149 Å². The van der Waals surface area contributed by atoms with Gasteiger partial charge in [-0.2, -0.15) is 0 Å². The number of anilines is 1. The van der Waals surface area contributed by atoms with E-state index in [0.717, 1.165) is 40.8 Å². The molecule has 0 aliphatic rings. The number of para-hydroxylation sites is 1. The van der Waals surface area contributed by atoms with Gasteiger partial charge in [-0.1, -0.05) is 38.1 Å². The molecule has 0 spiro atoms. The number of carbonyl (C=O) groups is 2. The number of nitrogens with one attached hydrogen (secondary N) is 1. The summed E-state index contributed by atoms with van der Waals surface area (Å²) in [5.74, 6) is -0.814. The van der Waals surface area contributed by atoms with Crippen LogP contribution in [-0.4, -0.2) is 18.5 Å². The number of amides is 1. The fourth-order valence-corrected chi connectivity index (χ4v) is 2.66. The van der Waals surface area contributed by atoms with Crippen LogP contribution in [0, 0.1) is 13.8 Å². The molecule has 4 nitrogen and oxygen atoms in total. The third-order valence-corrected chi connectivity index (χ3v) is 4.34. The molecule has 0 bridgehead atoms. The monoisotopic (exact) mass is 339 g/mol. The predicted molar refractivity (Wildman–Crippen MR) is 100 cm³/mol. The molecule has 0 fully saturated rings. The summed E-state index contributed by atoms with van der Waals surface area (Å²) in [5, 5.41) is 2.89. The summed E-state index contributed by atoms with van der Waals surface area (Å²) in [6, 6.07) is 11.3. The zero-order chi connectivity index (χ0) is 18.4. The summed E-state index contributed by atoms with van der Waals surface area (Å²) in [7, 11) is 0. The summed E-state index contributed by atoms with van der Waals surface area (Å²) in [6.07, 6.45) is 1.65. The van der Waals surface area contributed by atoms with Crippen molar-refractivity contribution in [1.29, 1.82) is 0 Å². The maximum Gasteiger partial charge on any atom is 0.338 e. The van der Waals surface area contributed by atoms with Gasteiger partial charge in [-0.15, -0.1) is 0 Å². The van der Waals surface area contributed by atoms with Gasteiger partial charge >= 0.3 is 5.97 Å². The van der Waals surface area contributed by atoms with Gasteiger partial charge < -0.3 is 10.1 Å². The minimum atomic E-state index is -0.488. The van der Waals surface area contributed by atoms with Crippen molar-refractivity contribution in [2.75, 3.05) is 11.9 Å². The second kappa shape index (κ2) is 8.47. The highest BCUT2D eigenvalue weighted by atomic mass is 16.5. The first-order chi connectivity index (χ1) is 12.0. The zero-order valence-corrected chi connectivity index (χ0v) is 15.3. The highest BCUT2D eigenvalue weighted by molar-refractivity contribution is 5.96. The Morgan fingerprint density at radius 1 is 0.960 bits per heavy atom. The smallest absolute Gasteiger partial charge is 0.338 e. The van der Waals surface area contributed by atoms with Gasteiger partial charge in [0.25, 0.3) is 5.91 Å². The van der Waals surface area contributed by atoms with Crippen molar-refractivity contribution in [3.63, 3.8) is 0 Å². The van der Waals surface area contributed by atoms with Gasteiger partial charge in [0.2, 0.25) is 0 Å². The summed E-state index contributed by atoms with van der Waals surface area (Å²) in [5.41, 5.74) is 5.57. The molecule has 0 unspecified atom stereocenters. The molecule has 0 heterocycles. The van der Waals surface area contributed by atoms with Crippen LogP contribution in [0.25, 0.3) is 0 Å². The molecule has 0 radical (unpaired) electrons. The number of hydrogen-bond donors (Lipinski definition) is 1. The molecule has 0 aliphatic carbocycles. The molecular formula is C21H25NO3. The fraction of sp³-hybridized carbons (Fsp3) is 0.333. The Morgan fingerprint density at radius 2 is 1.60 bits per heavy atom. The van der Waals surface area contributed by atoms with Crippen LogP contribution in [0.5, 0.6) is 0 Å². The molecule has 0 saturated heterocycles. The van der Waals surface area contributed by atoms with E-state index in [1.807, 2.05) is 52.0 Å². The van der Waals surface area contributed by atoms with Gasteiger partial charge in [0, 0.05) is 5.69 Å². The van der Waals surface area contributed by atoms with Crippen molar-refractivity contribution in [3.05, 3.63) is 64.2 Å². The van der Waals surface area contributed by atoms with E-state index in [9.17, 15) is 9.59 Å².